The highest BCUT2D eigenvalue weighted by Crippen LogP contribution is 2.26. The fourth-order valence-electron chi connectivity index (χ4n) is 2.46. The third kappa shape index (κ3) is 3.53. The normalized spacial score (nSPS) is 21.8. The van der Waals surface area contributed by atoms with Crippen molar-refractivity contribution in [3.05, 3.63) is 35.6 Å². The Morgan fingerprint density at radius 2 is 2.11 bits per heavy atom. The predicted octanol–water partition coefficient (Wildman–Crippen LogP) is 3.44. The SMILES string of the molecule is CCCNC(c1ccc(F)cc1)C1CCCCO1. The molecule has 0 aromatic heterocycles. The van der Waals surface area contributed by atoms with E-state index in [9.17, 15) is 4.39 Å². The van der Waals surface area contributed by atoms with Crippen LogP contribution in [0.5, 0.6) is 0 Å². The molecule has 1 aliphatic heterocycles. The van der Waals surface area contributed by atoms with E-state index in [0.717, 1.165) is 38.0 Å². The van der Waals surface area contributed by atoms with Crippen molar-refractivity contribution in [2.45, 2.75) is 44.8 Å². The lowest BCUT2D eigenvalue weighted by Gasteiger charge is -2.31. The highest BCUT2D eigenvalue weighted by atomic mass is 19.1. The van der Waals surface area contributed by atoms with Gasteiger partial charge in [0.05, 0.1) is 12.1 Å². The molecule has 0 amide bonds. The first kappa shape index (κ1) is 13.5. The maximum Gasteiger partial charge on any atom is 0.123 e. The molecule has 1 aromatic carbocycles. The summed E-state index contributed by atoms with van der Waals surface area (Å²) in [7, 11) is 0. The van der Waals surface area contributed by atoms with Gasteiger partial charge >= 0.3 is 0 Å². The molecule has 0 saturated carbocycles. The van der Waals surface area contributed by atoms with Gasteiger partial charge in [-0.3, -0.25) is 0 Å². The van der Waals surface area contributed by atoms with E-state index in [1.54, 1.807) is 0 Å². The molecule has 1 saturated heterocycles. The van der Waals surface area contributed by atoms with Crippen LogP contribution in [0.4, 0.5) is 4.39 Å². The van der Waals surface area contributed by atoms with Gasteiger partial charge in [-0.2, -0.15) is 0 Å². The van der Waals surface area contributed by atoms with Crippen LogP contribution in [0, 0.1) is 5.82 Å². The lowest BCUT2D eigenvalue weighted by atomic mass is 9.95. The Bertz CT molecular complexity index is 346. The second-order valence-electron chi connectivity index (χ2n) is 4.89. The maximum absolute atomic E-state index is 13.0. The average molecular weight is 251 g/mol. The lowest BCUT2D eigenvalue weighted by molar-refractivity contribution is -0.00816. The Balaban J connectivity index is 2.10. The van der Waals surface area contributed by atoms with Crippen molar-refractivity contribution in [3.63, 3.8) is 0 Å². The summed E-state index contributed by atoms with van der Waals surface area (Å²) in [6.07, 6.45) is 4.76. The van der Waals surface area contributed by atoms with Gasteiger partial charge in [0, 0.05) is 6.61 Å². The second kappa shape index (κ2) is 6.86. The van der Waals surface area contributed by atoms with Gasteiger partial charge in [-0.05, 0) is 49.9 Å². The van der Waals surface area contributed by atoms with Crippen molar-refractivity contribution in [2.24, 2.45) is 0 Å². The molecule has 18 heavy (non-hydrogen) atoms. The molecular weight excluding hydrogens is 229 g/mol. The van der Waals surface area contributed by atoms with E-state index in [1.807, 2.05) is 12.1 Å². The Kier molecular flexibility index (Phi) is 5.14. The molecule has 1 N–H and O–H groups in total. The minimum absolute atomic E-state index is 0.183. The smallest absolute Gasteiger partial charge is 0.123 e. The number of hydrogen-bond acceptors (Lipinski definition) is 2. The number of benzene rings is 1. The highest BCUT2D eigenvalue weighted by molar-refractivity contribution is 5.21. The van der Waals surface area contributed by atoms with Crippen LogP contribution >= 0.6 is 0 Å². The second-order valence-corrected chi connectivity index (χ2v) is 4.89. The zero-order valence-corrected chi connectivity index (χ0v) is 11.0. The van der Waals surface area contributed by atoms with E-state index >= 15 is 0 Å². The predicted molar refractivity (Wildman–Crippen MR) is 71.0 cm³/mol. The third-order valence-electron chi connectivity index (χ3n) is 3.43. The molecule has 0 spiro atoms. The van der Waals surface area contributed by atoms with Gasteiger partial charge in [-0.25, -0.2) is 4.39 Å². The molecule has 2 rings (SSSR count). The molecule has 1 aliphatic rings. The Morgan fingerprint density at radius 3 is 2.72 bits per heavy atom. The van der Waals surface area contributed by atoms with Gasteiger partial charge < -0.3 is 10.1 Å². The summed E-state index contributed by atoms with van der Waals surface area (Å²) in [4.78, 5) is 0. The van der Waals surface area contributed by atoms with Crippen LogP contribution in [0.2, 0.25) is 0 Å². The van der Waals surface area contributed by atoms with E-state index in [-0.39, 0.29) is 18.0 Å². The number of halogens is 1. The summed E-state index contributed by atoms with van der Waals surface area (Å²) >= 11 is 0. The van der Waals surface area contributed by atoms with E-state index in [4.69, 9.17) is 4.74 Å². The molecule has 3 heteroatoms. The average Bonchev–Trinajstić information content (AvgIpc) is 2.42. The first-order valence-corrected chi connectivity index (χ1v) is 6.91. The first-order valence-electron chi connectivity index (χ1n) is 6.91. The van der Waals surface area contributed by atoms with Crippen LogP contribution < -0.4 is 5.32 Å². The maximum atomic E-state index is 13.0. The molecule has 1 aromatic rings. The third-order valence-corrected chi connectivity index (χ3v) is 3.43. The van der Waals surface area contributed by atoms with Crippen LogP contribution in [0.1, 0.15) is 44.2 Å². The van der Waals surface area contributed by atoms with E-state index in [0.29, 0.717) is 0 Å². The summed E-state index contributed by atoms with van der Waals surface area (Å²) in [5.41, 5.74) is 1.12. The number of rotatable bonds is 5. The molecule has 0 bridgehead atoms. The van der Waals surface area contributed by atoms with Gasteiger partial charge in [-0.1, -0.05) is 19.1 Å². The molecule has 2 nitrogen and oxygen atoms in total. The van der Waals surface area contributed by atoms with Gasteiger partial charge in [0.2, 0.25) is 0 Å². The minimum atomic E-state index is -0.183. The van der Waals surface area contributed by atoms with Gasteiger partial charge in [0.25, 0.3) is 0 Å². The van der Waals surface area contributed by atoms with Crippen molar-refractivity contribution in [1.82, 2.24) is 5.32 Å². The molecule has 2 unspecified atom stereocenters. The summed E-state index contributed by atoms with van der Waals surface area (Å²) in [6, 6.07) is 6.96. The van der Waals surface area contributed by atoms with Crippen molar-refractivity contribution >= 4 is 0 Å². The van der Waals surface area contributed by atoms with Crippen molar-refractivity contribution in [3.8, 4) is 0 Å². The molecule has 2 atom stereocenters. The van der Waals surface area contributed by atoms with Gasteiger partial charge in [0.15, 0.2) is 0 Å². The minimum Gasteiger partial charge on any atom is -0.376 e. The number of hydrogen-bond donors (Lipinski definition) is 1. The van der Waals surface area contributed by atoms with E-state index in [2.05, 4.69) is 12.2 Å². The molecular formula is C15H22FNO. The summed E-state index contributed by atoms with van der Waals surface area (Å²) in [5, 5.41) is 3.53. The summed E-state index contributed by atoms with van der Waals surface area (Å²) < 4.78 is 18.9. The number of ether oxygens (including phenoxy) is 1. The highest BCUT2D eigenvalue weighted by Gasteiger charge is 2.25. The number of nitrogens with one attached hydrogen (secondary N) is 1. The first-order chi connectivity index (χ1) is 8.81. The van der Waals surface area contributed by atoms with Crippen molar-refractivity contribution in [1.29, 1.82) is 0 Å². The zero-order valence-electron chi connectivity index (χ0n) is 11.0. The molecule has 1 heterocycles. The van der Waals surface area contributed by atoms with Crippen LogP contribution in [-0.4, -0.2) is 19.3 Å². The van der Waals surface area contributed by atoms with E-state index < -0.39 is 0 Å². The monoisotopic (exact) mass is 251 g/mol. The van der Waals surface area contributed by atoms with Crippen molar-refractivity contribution < 1.29 is 9.13 Å². The fourth-order valence-corrected chi connectivity index (χ4v) is 2.46. The molecule has 1 fully saturated rings. The van der Waals surface area contributed by atoms with Crippen molar-refractivity contribution in [2.75, 3.05) is 13.2 Å². The van der Waals surface area contributed by atoms with Crippen LogP contribution in [0.3, 0.4) is 0 Å². The van der Waals surface area contributed by atoms with Crippen LogP contribution in [0.25, 0.3) is 0 Å². The molecule has 100 valence electrons. The lowest BCUT2D eigenvalue weighted by Crippen LogP contribution is -2.36. The summed E-state index contributed by atoms with van der Waals surface area (Å²) in [6.45, 7) is 3.95. The van der Waals surface area contributed by atoms with Crippen LogP contribution in [0.15, 0.2) is 24.3 Å². The topological polar surface area (TPSA) is 21.3 Å². The largest absolute Gasteiger partial charge is 0.376 e. The van der Waals surface area contributed by atoms with Gasteiger partial charge in [-0.15, -0.1) is 0 Å². The standard InChI is InChI=1S/C15H22FNO/c1-2-10-17-15(14-5-3-4-11-18-14)12-6-8-13(16)9-7-12/h6-9,14-15,17H,2-5,10-11H2,1H3. The zero-order chi connectivity index (χ0) is 12.8. The Morgan fingerprint density at radius 1 is 1.33 bits per heavy atom. The molecule has 0 aliphatic carbocycles. The summed E-state index contributed by atoms with van der Waals surface area (Å²) in [5.74, 6) is -0.183. The molecule has 0 radical (unpaired) electrons. The quantitative estimate of drug-likeness (QED) is 0.865. The van der Waals surface area contributed by atoms with Gasteiger partial charge in [0.1, 0.15) is 5.82 Å². The Labute approximate surface area is 109 Å². The Hall–Kier alpha value is -0.930. The fraction of sp³-hybridized carbons (Fsp3) is 0.600. The van der Waals surface area contributed by atoms with E-state index in [1.165, 1.54) is 18.6 Å². The van der Waals surface area contributed by atoms with Crippen LogP contribution in [-0.2, 0) is 4.74 Å².